The Morgan fingerprint density at radius 3 is 2.57 bits per heavy atom. The summed E-state index contributed by atoms with van der Waals surface area (Å²) >= 11 is 6.00. The van der Waals surface area contributed by atoms with Gasteiger partial charge in [-0.25, -0.2) is 0 Å². The van der Waals surface area contributed by atoms with Gasteiger partial charge in [-0.1, -0.05) is 36.7 Å². The summed E-state index contributed by atoms with van der Waals surface area (Å²) in [5.41, 5.74) is 7.97. The Kier molecular flexibility index (Phi) is 5.90. The highest BCUT2D eigenvalue weighted by atomic mass is 35.5. The molecule has 1 atom stereocenters. The second-order valence-electron chi connectivity index (χ2n) is 4.86. The Morgan fingerprint density at radius 1 is 1.19 bits per heavy atom. The highest BCUT2D eigenvalue weighted by Gasteiger charge is 2.09. The third-order valence-electron chi connectivity index (χ3n) is 3.16. The number of benzene rings is 2. The van der Waals surface area contributed by atoms with Gasteiger partial charge in [0.2, 0.25) is 0 Å². The lowest BCUT2D eigenvalue weighted by Crippen LogP contribution is -2.20. The molecule has 2 aromatic rings. The van der Waals surface area contributed by atoms with Crippen molar-refractivity contribution in [2.75, 3.05) is 18.5 Å². The molecule has 3 nitrogen and oxygen atoms in total. The van der Waals surface area contributed by atoms with Crippen LogP contribution in [0.1, 0.15) is 24.9 Å². The van der Waals surface area contributed by atoms with Crippen LogP contribution in [0.25, 0.3) is 0 Å². The molecule has 2 aromatic carbocycles. The van der Waals surface area contributed by atoms with E-state index in [1.54, 1.807) is 0 Å². The molecule has 21 heavy (non-hydrogen) atoms. The molecule has 3 N–H and O–H groups in total. The van der Waals surface area contributed by atoms with Crippen LogP contribution in [-0.4, -0.2) is 13.2 Å². The zero-order valence-electron chi connectivity index (χ0n) is 12.2. The zero-order chi connectivity index (χ0) is 15.1. The molecule has 0 radical (unpaired) electrons. The molecule has 4 heteroatoms. The Balaban J connectivity index is 2.06. The lowest BCUT2D eigenvalue weighted by atomic mass is 10.1. The van der Waals surface area contributed by atoms with Crippen LogP contribution in [0.5, 0.6) is 5.75 Å². The predicted molar refractivity (Wildman–Crippen MR) is 89.1 cm³/mol. The number of hydrogen-bond donors (Lipinski definition) is 2. The quantitative estimate of drug-likeness (QED) is 0.804. The van der Waals surface area contributed by atoms with E-state index in [9.17, 15) is 0 Å². The van der Waals surface area contributed by atoms with Crippen molar-refractivity contribution in [2.45, 2.75) is 19.4 Å². The van der Waals surface area contributed by atoms with Gasteiger partial charge >= 0.3 is 0 Å². The minimum Gasteiger partial charge on any atom is -0.494 e. The molecule has 0 bridgehead atoms. The molecule has 0 aliphatic rings. The minimum atomic E-state index is 0.0451. The van der Waals surface area contributed by atoms with Crippen molar-refractivity contribution in [1.29, 1.82) is 0 Å². The van der Waals surface area contributed by atoms with E-state index in [1.807, 2.05) is 48.5 Å². The fourth-order valence-electron chi connectivity index (χ4n) is 2.07. The maximum Gasteiger partial charge on any atom is 0.119 e. The second-order valence-corrected chi connectivity index (χ2v) is 5.30. The van der Waals surface area contributed by atoms with Gasteiger partial charge in [-0.15, -0.1) is 0 Å². The van der Waals surface area contributed by atoms with Crippen LogP contribution < -0.4 is 15.8 Å². The number of nitrogens with one attached hydrogen (secondary N) is 1. The Morgan fingerprint density at radius 2 is 1.95 bits per heavy atom. The molecule has 0 saturated carbocycles. The third kappa shape index (κ3) is 4.66. The van der Waals surface area contributed by atoms with Crippen LogP contribution in [-0.2, 0) is 0 Å². The summed E-state index contributed by atoms with van der Waals surface area (Å²) in [7, 11) is 0. The summed E-state index contributed by atoms with van der Waals surface area (Å²) in [6, 6.07) is 15.7. The van der Waals surface area contributed by atoms with Gasteiger partial charge in [-0.2, -0.15) is 0 Å². The van der Waals surface area contributed by atoms with Gasteiger partial charge in [0.25, 0.3) is 0 Å². The van der Waals surface area contributed by atoms with E-state index in [0.29, 0.717) is 11.6 Å². The van der Waals surface area contributed by atoms with E-state index in [0.717, 1.165) is 30.0 Å². The Labute approximate surface area is 131 Å². The lowest BCUT2D eigenvalue weighted by Gasteiger charge is -2.19. The third-order valence-corrected chi connectivity index (χ3v) is 3.39. The number of nitrogens with two attached hydrogens (primary N) is 1. The van der Waals surface area contributed by atoms with Crippen molar-refractivity contribution in [1.82, 2.24) is 0 Å². The zero-order valence-corrected chi connectivity index (χ0v) is 12.9. The summed E-state index contributed by atoms with van der Waals surface area (Å²) < 4.78 is 5.59. The monoisotopic (exact) mass is 304 g/mol. The van der Waals surface area contributed by atoms with E-state index in [-0.39, 0.29) is 6.04 Å². The van der Waals surface area contributed by atoms with Gasteiger partial charge < -0.3 is 15.8 Å². The van der Waals surface area contributed by atoms with Crippen LogP contribution in [0.2, 0.25) is 5.02 Å². The number of ether oxygens (including phenoxy) is 1. The molecule has 0 aliphatic heterocycles. The van der Waals surface area contributed by atoms with Crippen molar-refractivity contribution in [3.63, 3.8) is 0 Å². The van der Waals surface area contributed by atoms with E-state index in [4.69, 9.17) is 22.1 Å². The van der Waals surface area contributed by atoms with Gasteiger partial charge in [0.1, 0.15) is 5.75 Å². The van der Waals surface area contributed by atoms with Crippen LogP contribution in [0.4, 0.5) is 5.69 Å². The maximum atomic E-state index is 6.00. The van der Waals surface area contributed by atoms with Crippen molar-refractivity contribution in [3.8, 4) is 5.75 Å². The topological polar surface area (TPSA) is 47.3 Å². The molecule has 2 rings (SSSR count). The predicted octanol–water partition coefficient (Wildman–Crippen LogP) is 4.24. The Bertz CT molecular complexity index is 557. The van der Waals surface area contributed by atoms with Crippen molar-refractivity contribution in [2.24, 2.45) is 5.73 Å². The summed E-state index contributed by atoms with van der Waals surface area (Å²) in [6.07, 6.45) is 1.00. The number of halogens is 1. The van der Waals surface area contributed by atoms with Gasteiger partial charge in [0, 0.05) is 17.3 Å². The fourth-order valence-corrected chi connectivity index (χ4v) is 2.26. The SMILES string of the molecule is CCCOc1ccc(C(CN)Nc2cccc(Cl)c2)cc1. The first-order chi connectivity index (χ1) is 10.2. The molecule has 112 valence electrons. The number of rotatable bonds is 7. The molecule has 0 heterocycles. The normalized spacial score (nSPS) is 12.0. The van der Waals surface area contributed by atoms with E-state index in [1.165, 1.54) is 0 Å². The number of anilines is 1. The van der Waals surface area contributed by atoms with Crippen molar-refractivity contribution >= 4 is 17.3 Å². The van der Waals surface area contributed by atoms with E-state index >= 15 is 0 Å². The van der Waals surface area contributed by atoms with Gasteiger partial charge in [0.05, 0.1) is 12.6 Å². The molecule has 0 amide bonds. The maximum absolute atomic E-state index is 6.00. The summed E-state index contributed by atoms with van der Waals surface area (Å²) in [6.45, 7) is 3.33. The highest BCUT2D eigenvalue weighted by Crippen LogP contribution is 2.23. The average molecular weight is 305 g/mol. The Hall–Kier alpha value is -1.71. The smallest absolute Gasteiger partial charge is 0.119 e. The molecule has 0 aliphatic carbocycles. The van der Waals surface area contributed by atoms with Crippen LogP contribution in [0, 0.1) is 0 Å². The van der Waals surface area contributed by atoms with Crippen LogP contribution in [0.3, 0.4) is 0 Å². The fraction of sp³-hybridized carbons (Fsp3) is 0.294. The number of hydrogen-bond acceptors (Lipinski definition) is 3. The molecular formula is C17H21ClN2O. The van der Waals surface area contributed by atoms with E-state index in [2.05, 4.69) is 12.2 Å². The van der Waals surface area contributed by atoms with Crippen LogP contribution >= 0.6 is 11.6 Å². The van der Waals surface area contributed by atoms with Gasteiger partial charge in [-0.05, 0) is 42.3 Å². The van der Waals surface area contributed by atoms with Crippen LogP contribution in [0.15, 0.2) is 48.5 Å². The first-order valence-corrected chi connectivity index (χ1v) is 7.55. The second kappa shape index (κ2) is 7.91. The standard InChI is InChI=1S/C17H21ClN2O/c1-2-10-21-16-8-6-13(7-9-16)17(12-19)20-15-5-3-4-14(18)11-15/h3-9,11,17,20H,2,10,12,19H2,1H3. The van der Waals surface area contributed by atoms with E-state index < -0.39 is 0 Å². The minimum absolute atomic E-state index is 0.0451. The molecular weight excluding hydrogens is 284 g/mol. The molecule has 0 fully saturated rings. The summed E-state index contributed by atoms with van der Waals surface area (Å²) in [5, 5.41) is 4.11. The van der Waals surface area contributed by atoms with Crippen molar-refractivity contribution < 1.29 is 4.74 Å². The summed E-state index contributed by atoms with van der Waals surface area (Å²) in [5.74, 6) is 0.888. The molecule has 0 saturated heterocycles. The van der Waals surface area contributed by atoms with Gasteiger partial charge in [0.15, 0.2) is 0 Å². The largest absolute Gasteiger partial charge is 0.494 e. The average Bonchev–Trinajstić information content (AvgIpc) is 2.51. The van der Waals surface area contributed by atoms with Crippen molar-refractivity contribution in [3.05, 3.63) is 59.1 Å². The van der Waals surface area contributed by atoms with Gasteiger partial charge in [-0.3, -0.25) is 0 Å². The molecule has 0 spiro atoms. The first-order valence-electron chi connectivity index (χ1n) is 7.18. The lowest BCUT2D eigenvalue weighted by molar-refractivity contribution is 0.317. The first kappa shape index (κ1) is 15.7. The summed E-state index contributed by atoms with van der Waals surface area (Å²) in [4.78, 5) is 0. The molecule has 0 aromatic heterocycles. The molecule has 1 unspecified atom stereocenters. The highest BCUT2D eigenvalue weighted by molar-refractivity contribution is 6.30.